The van der Waals surface area contributed by atoms with Crippen LogP contribution in [0.4, 0.5) is 0 Å². The van der Waals surface area contributed by atoms with Gasteiger partial charge in [0.15, 0.2) is 0 Å². The van der Waals surface area contributed by atoms with E-state index in [4.69, 9.17) is 0 Å². The Hall–Kier alpha value is 0.0969. The molecular formula is C9H25N3Si. The fraction of sp³-hybridized carbons (Fsp3) is 1.00. The van der Waals surface area contributed by atoms with Crippen LogP contribution in [0.25, 0.3) is 0 Å². The van der Waals surface area contributed by atoms with Crippen molar-refractivity contribution >= 4 is 10.2 Å². The van der Waals surface area contributed by atoms with E-state index in [1.54, 1.807) is 0 Å². The Morgan fingerprint density at radius 1 is 1.08 bits per heavy atom. The lowest BCUT2D eigenvalue weighted by Gasteiger charge is -2.41. The summed E-state index contributed by atoms with van der Waals surface area (Å²) in [6.45, 7) is 6.80. The molecule has 0 amide bonds. The van der Waals surface area contributed by atoms with Crippen LogP contribution in [-0.2, 0) is 0 Å². The molecule has 2 N–H and O–H groups in total. The second kappa shape index (κ2) is 6.54. The third-order valence-corrected chi connectivity index (χ3v) is 4.23. The maximum Gasteiger partial charge on any atom is 0.0991 e. The summed E-state index contributed by atoms with van der Waals surface area (Å²) in [7, 11) is 5.14. The molecule has 0 bridgehead atoms. The summed E-state index contributed by atoms with van der Waals surface area (Å²) >= 11 is 0. The second-order valence-electron chi connectivity index (χ2n) is 3.56. The van der Waals surface area contributed by atoms with Gasteiger partial charge in [0.05, 0.1) is 15.7 Å². The molecule has 0 spiro atoms. The van der Waals surface area contributed by atoms with E-state index < -0.39 is 0 Å². The van der Waals surface area contributed by atoms with Crippen molar-refractivity contribution in [1.82, 2.24) is 15.5 Å². The quantitative estimate of drug-likeness (QED) is 0.432. The molecule has 0 atom stereocenters. The smallest absolute Gasteiger partial charge is 0.0991 e. The van der Waals surface area contributed by atoms with Gasteiger partial charge in [-0.2, -0.15) is 0 Å². The first-order valence-electron chi connectivity index (χ1n) is 5.27. The highest BCUT2D eigenvalue weighted by Crippen LogP contribution is 2.05. The second-order valence-corrected chi connectivity index (χ2v) is 5.01. The van der Waals surface area contributed by atoms with Crippen LogP contribution in [0.1, 0.15) is 26.7 Å². The van der Waals surface area contributed by atoms with Gasteiger partial charge >= 0.3 is 0 Å². The van der Waals surface area contributed by atoms with E-state index in [-0.39, 0.29) is 5.41 Å². The van der Waals surface area contributed by atoms with Crippen LogP contribution in [0.15, 0.2) is 0 Å². The molecule has 4 heteroatoms. The van der Waals surface area contributed by atoms with Crippen molar-refractivity contribution in [1.29, 1.82) is 0 Å². The Balaban J connectivity index is 4.28. The summed E-state index contributed by atoms with van der Waals surface area (Å²) < 4.78 is 0. The van der Waals surface area contributed by atoms with Gasteiger partial charge in [0.25, 0.3) is 0 Å². The van der Waals surface area contributed by atoms with Gasteiger partial charge < -0.3 is 0 Å². The summed E-state index contributed by atoms with van der Waals surface area (Å²) in [5.41, 5.74) is 0.0754. The highest BCUT2D eigenvalue weighted by molar-refractivity contribution is 6.14. The van der Waals surface area contributed by atoms with Gasteiger partial charge in [-0.1, -0.05) is 13.8 Å². The molecule has 0 heterocycles. The predicted octanol–water partition coefficient (Wildman–Crippen LogP) is -0.476. The van der Waals surface area contributed by atoms with Crippen LogP contribution in [0.2, 0.25) is 0 Å². The van der Waals surface area contributed by atoms with E-state index in [0.29, 0.717) is 0 Å². The minimum absolute atomic E-state index is 0.0754. The third kappa shape index (κ3) is 3.77. The zero-order valence-corrected chi connectivity index (χ0v) is 11.8. The standard InChI is InChI=1S/C9H25N3Si/c1-5-7-12(8-6-2)9(13,10-3)11-4/h10-11H,5-8H2,1-4,13H3. The molecule has 0 radical (unpaired) electrons. The molecule has 0 aromatic rings. The molecule has 0 aliphatic carbocycles. The van der Waals surface area contributed by atoms with Gasteiger partial charge in [-0.15, -0.1) is 0 Å². The molecule has 0 saturated heterocycles. The number of nitrogens with one attached hydrogen (secondary N) is 2. The first-order chi connectivity index (χ1) is 6.14. The molecule has 0 rings (SSSR count). The zero-order chi connectivity index (χ0) is 10.3. The summed E-state index contributed by atoms with van der Waals surface area (Å²) in [5.74, 6) is 0. The van der Waals surface area contributed by atoms with Crippen molar-refractivity contribution in [3.8, 4) is 0 Å². The van der Waals surface area contributed by atoms with Gasteiger partial charge in [-0.25, -0.2) is 0 Å². The number of nitrogens with zero attached hydrogens (tertiary/aromatic N) is 1. The van der Waals surface area contributed by atoms with Crippen molar-refractivity contribution in [2.24, 2.45) is 0 Å². The Morgan fingerprint density at radius 2 is 1.46 bits per heavy atom. The lowest BCUT2D eigenvalue weighted by molar-refractivity contribution is 0.110. The molecule has 0 aromatic carbocycles. The third-order valence-electron chi connectivity index (χ3n) is 2.59. The topological polar surface area (TPSA) is 27.3 Å². The summed E-state index contributed by atoms with van der Waals surface area (Å²) in [6, 6.07) is 0. The van der Waals surface area contributed by atoms with Crippen molar-refractivity contribution in [3.05, 3.63) is 0 Å². The number of hydrogen-bond donors (Lipinski definition) is 2. The molecule has 0 fully saturated rings. The van der Waals surface area contributed by atoms with Gasteiger partial charge in [-0.05, 0) is 26.9 Å². The molecule has 0 aliphatic rings. The average molecular weight is 203 g/mol. The fourth-order valence-corrected chi connectivity index (χ4v) is 1.99. The van der Waals surface area contributed by atoms with Gasteiger partial charge in [0.1, 0.15) is 0 Å². The first-order valence-corrected chi connectivity index (χ1v) is 6.27. The molecule has 3 nitrogen and oxygen atoms in total. The average Bonchev–Trinajstić information content (AvgIpc) is 2.16. The van der Waals surface area contributed by atoms with Crippen LogP contribution < -0.4 is 10.6 Å². The lowest BCUT2D eigenvalue weighted by atomic mass is 10.3. The Labute approximate surface area is 85.7 Å². The van der Waals surface area contributed by atoms with Crippen LogP contribution in [0.3, 0.4) is 0 Å². The number of hydrogen-bond acceptors (Lipinski definition) is 3. The van der Waals surface area contributed by atoms with E-state index in [0.717, 1.165) is 10.2 Å². The maximum atomic E-state index is 3.37. The molecule has 80 valence electrons. The SMILES string of the molecule is CCCN(CCC)C([SiH3])(NC)NC. The van der Waals surface area contributed by atoms with E-state index in [9.17, 15) is 0 Å². The van der Waals surface area contributed by atoms with Crippen LogP contribution in [0.5, 0.6) is 0 Å². The Morgan fingerprint density at radius 3 is 1.69 bits per heavy atom. The normalized spacial score (nSPS) is 12.7. The maximum absolute atomic E-state index is 3.37. The van der Waals surface area contributed by atoms with Crippen molar-refractivity contribution in [3.63, 3.8) is 0 Å². The van der Waals surface area contributed by atoms with Gasteiger partial charge in [0.2, 0.25) is 0 Å². The Bertz CT molecular complexity index is 120. The fourth-order valence-electron chi connectivity index (χ4n) is 1.54. The monoisotopic (exact) mass is 203 g/mol. The van der Waals surface area contributed by atoms with Crippen molar-refractivity contribution in [2.45, 2.75) is 32.1 Å². The predicted molar refractivity (Wildman–Crippen MR) is 62.9 cm³/mol. The number of rotatable bonds is 7. The molecular weight excluding hydrogens is 178 g/mol. The molecule has 13 heavy (non-hydrogen) atoms. The minimum atomic E-state index is 0.0754. The van der Waals surface area contributed by atoms with E-state index in [2.05, 4.69) is 29.4 Å². The summed E-state index contributed by atoms with van der Waals surface area (Å²) in [6.07, 6.45) is 2.43. The van der Waals surface area contributed by atoms with Gasteiger partial charge in [-0.3, -0.25) is 15.5 Å². The van der Waals surface area contributed by atoms with Crippen molar-refractivity contribution in [2.75, 3.05) is 27.2 Å². The van der Waals surface area contributed by atoms with E-state index in [1.807, 2.05) is 14.1 Å². The summed E-state index contributed by atoms with van der Waals surface area (Å²) in [5, 5.41) is 6.75. The summed E-state index contributed by atoms with van der Waals surface area (Å²) in [4.78, 5) is 2.50. The van der Waals surface area contributed by atoms with Crippen LogP contribution in [-0.4, -0.2) is 47.7 Å². The highest BCUT2D eigenvalue weighted by atomic mass is 28.1. The van der Waals surface area contributed by atoms with E-state index in [1.165, 1.54) is 25.9 Å². The molecule has 0 aromatic heterocycles. The molecule has 0 saturated carbocycles. The molecule has 0 aliphatic heterocycles. The van der Waals surface area contributed by atoms with Crippen LogP contribution >= 0.6 is 0 Å². The molecule has 0 unspecified atom stereocenters. The first kappa shape index (κ1) is 13.1. The van der Waals surface area contributed by atoms with Crippen molar-refractivity contribution < 1.29 is 0 Å². The largest absolute Gasteiger partial charge is 0.294 e. The zero-order valence-electron chi connectivity index (χ0n) is 9.78. The highest BCUT2D eigenvalue weighted by Gasteiger charge is 2.25. The van der Waals surface area contributed by atoms with Gasteiger partial charge in [0, 0.05) is 13.1 Å². The van der Waals surface area contributed by atoms with E-state index >= 15 is 0 Å². The minimum Gasteiger partial charge on any atom is -0.294 e. The van der Waals surface area contributed by atoms with Crippen LogP contribution in [0, 0.1) is 0 Å². The lowest BCUT2D eigenvalue weighted by Crippen LogP contribution is -2.66. The Kier molecular flexibility index (Phi) is 6.58.